The Morgan fingerprint density at radius 2 is 2.41 bits per heavy atom. The zero-order valence-electron chi connectivity index (χ0n) is 10.6. The Kier molecular flexibility index (Phi) is 4.31. The molecular weight excluding hydrogens is 234 g/mol. The van der Waals surface area contributed by atoms with E-state index in [-0.39, 0.29) is 12.5 Å². The van der Waals surface area contributed by atoms with Crippen LogP contribution in [-0.2, 0) is 4.79 Å². The molecule has 0 aromatic rings. The molecule has 4 nitrogen and oxygen atoms in total. The van der Waals surface area contributed by atoms with Gasteiger partial charge in [0.2, 0.25) is 5.91 Å². The van der Waals surface area contributed by atoms with E-state index in [9.17, 15) is 4.79 Å². The Morgan fingerprint density at radius 1 is 1.59 bits per heavy atom. The quantitative estimate of drug-likeness (QED) is 0.827. The number of hydrogen-bond acceptors (Lipinski definition) is 3. The maximum Gasteiger partial charge on any atom is 0.244 e. The van der Waals surface area contributed by atoms with E-state index in [1.165, 1.54) is 19.3 Å². The monoisotopic (exact) mass is 255 g/mol. The van der Waals surface area contributed by atoms with Gasteiger partial charge in [0.05, 0.1) is 0 Å². The maximum absolute atomic E-state index is 11.6. The van der Waals surface area contributed by atoms with Crippen LogP contribution >= 0.6 is 11.8 Å². The molecule has 0 aromatic heterocycles. The van der Waals surface area contributed by atoms with Crippen molar-refractivity contribution in [3.05, 3.63) is 0 Å². The van der Waals surface area contributed by atoms with Gasteiger partial charge in [0, 0.05) is 25.4 Å². The van der Waals surface area contributed by atoms with Crippen LogP contribution in [0, 0.1) is 5.92 Å². The van der Waals surface area contributed by atoms with Crippen molar-refractivity contribution < 1.29 is 4.79 Å². The van der Waals surface area contributed by atoms with Gasteiger partial charge >= 0.3 is 0 Å². The van der Waals surface area contributed by atoms with E-state index in [0.29, 0.717) is 6.04 Å². The molecule has 1 N–H and O–H groups in total. The standard InChI is InChI=1S/C12H21N3OS/c1-3-15(2)11(16)7-13-12-14-10-6-4-5-9(10)8-17-12/h9-10H,3-8H2,1-2H3,(H,13,14). The molecule has 2 atom stereocenters. The molecule has 0 bridgehead atoms. The van der Waals surface area contributed by atoms with Gasteiger partial charge in [-0.3, -0.25) is 9.79 Å². The number of carbonyl (C=O) groups is 1. The summed E-state index contributed by atoms with van der Waals surface area (Å²) >= 11 is 1.77. The Labute approximate surface area is 107 Å². The van der Waals surface area contributed by atoms with Crippen molar-refractivity contribution in [3.8, 4) is 0 Å². The highest BCUT2D eigenvalue weighted by Gasteiger charge is 2.31. The third kappa shape index (κ3) is 3.15. The third-order valence-electron chi connectivity index (χ3n) is 3.66. The van der Waals surface area contributed by atoms with Crippen molar-refractivity contribution >= 4 is 22.8 Å². The summed E-state index contributed by atoms with van der Waals surface area (Å²) in [6, 6.07) is 0.606. The number of amides is 1. The van der Waals surface area contributed by atoms with E-state index >= 15 is 0 Å². The van der Waals surface area contributed by atoms with Gasteiger partial charge in [0.15, 0.2) is 5.17 Å². The highest BCUT2D eigenvalue weighted by Crippen LogP contribution is 2.32. The van der Waals surface area contributed by atoms with Crippen LogP contribution in [0.4, 0.5) is 0 Å². The predicted octanol–water partition coefficient (Wildman–Crippen LogP) is 1.33. The molecule has 1 heterocycles. The van der Waals surface area contributed by atoms with Crippen LogP contribution in [0.1, 0.15) is 26.2 Å². The fourth-order valence-electron chi connectivity index (χ4n) is 2.34. The molecule has 2 unspecified atom stereocenters. The number of hydrogen-bond donors (Lipinski definition) is 1. The van der Waals surface area contributed by atoms with Gasteiger partial charge in [-0.15, -0.1) is 0 Å². The summed E-state index contributed by atoms with van der Waals surface area (Å²) in [5, 5.41) is 4.43. The number of fused-ring (bicyclic) bond motifs is 1. The van der Waals surface area contributed by atoms with Gasteiger partial charge in [-0.25, -0.2) is 0 Å². The Bertz CT molecular complexity index is 319. The Balaban J connectivity index is 1.84. The zero-order chi connectivity index (χ0) is 12.3. The van der Waals surface area contributed by atoms with E-state index < -0.39 is 0 Å². The van der Waals surface area contributed by atoms with Crippen LogP contribution < -0.4 is 5.32 Å². The molecule has 0 radical (unpaired) electrons. The highest BCUT2D eigenvalue weighted by molar-refractivity contribution is 8.13. The summed E-state index contributed by atoms with van der Waals surface area (Å²) in [7, 11) is 1.82. The van der Waals surface area contributed by atoms with Crippen molar-refractivity contribution in [1.29, 1.82) is 0 Å². The molecular formula is C12H21N3OS. The highest BCUT2D eigenvalue weighted by atomic mass is 32.2. The van der Waals surface area contributed by atoms with Crippen molar-refractivity contribution in [2.75, 3.05) is 25.9 Å². The molecule has 2 fully saturated rings. The van der Waals surface area contributed by atoms with Crippen molar-refractivity contribution in [2.24, 2.45) is 10.9 Å². The van der Waals surface area contributed by atoms with Gasteiger partial charge < -0.3 is 10.2 Å². The van der Waals surface area contributed by atoms with Gasteiger partial charge in [-0.05, 0) is 25.7 Å². The van der Waals surface area contributed by atoms with Gasteiger partial charge in [-0.2, -0.15) is 0 Å². The summed E-state index contributed by atoms with van der Waals surface area (Å²) in [5.74, 6) is 2.07. The van der Waals surface area contributed by atoms with Crippen LogP contribution in [-0.4, -0.2) is 47.9 Å². The lowest BCUT2D eigenvalue weighted by Crippen LogP contribution is -2.42. The first-order valence-electron chi connectivity index (χ1n) is 6.38. The van der Waals surface area contributed by atoms with E-state index in [0.717, 1.165) is 23.4 Å². The van der Waals surface area contributed by atoms with Crippen LogP contribution in [0.15, 0.2) is 4.99 Å². The molecule has 0 spiro atoms. The first-order valence-corrected chi connectivity index (χ1v) is 7.37. The largest absolute Gasteiger partial charge is 0.362 e. The number of likely N-dealkylation sites (N-methyl/N-ethyl adjacent to an activating group) is 1. The van der Waals surface area contributed by atoms with Crippen molar-refractivity contribution in [2.45, 2.75) is 32.2 Å². The fraction of sp³-hybridized carbons (Fsp3) is 0.833. The minimum Gasteiger partial charge on any atom is -0.362 e. The molecule has 96 valence electrons. The number of aliphatic imine (C=N–C) groups is 1. The number of thioether (sulfide) groups is 1. The summed E-state index contributed by atoms with van der Waals surface area (Å²) in [5.41, 5.74) is 0. The summed E-state index contributed by atoms with van der Waals surface area (Å²) in [6.07, 6.45) is 3.93. The fourth-order valence-corrected chi connectivity index (χ4v) is 3.50. The molecule has 1 saturated heterocycles. The second-order valence-electron chi connectivity index (χ2n) is 4.78. The van der Waals surface area contributed by atoms with E-state index in [1.807, 2.05) is 14.0 Å². The third-order valence-corrected chi connectivity index (χ3v) is 4.78. The number of nitrogens with zero attached hydrogens (tertiary/aromatic N) is 2. The Hall–Kier alpha value is -0.710. The normalized spacial score (nSPS) is 29.9. The van der Waals surface area contributed by atoms with Gasteiger partial charge in [-0.1, -0.05) is 18.2 Å². The van der Waals surface area contributed by atoms with Gasteiger partial charge in [0.25, 0.3) is 0 Å². The maximum atomic E-state index is 11.6. The molecule has 0 aromatic carbocycles. The second-order valence-corrected chi connectivity index (χ2v) is 5.79. The first-order chi connectivity index (χ1) is 8.20. The van der Waals surface area contributed by atoms with Gasteiger partial charge in [0.1, 0.15) is 6.54 Å². The van der Waals surface area contributed by atoms with Crippen molar-refractivity contribution in [1.82, 2.24) is 10.2 Å². The second kappa shape index (κ2) is 5.76. The number of nitrogens with one attached hydrogen (secondary N) is 1. The number of amidine groups is 1. The smallest absolute Gasteiger partial charge is 0.244 e. The topological polar surface area (TPSA) is 44.7 Å². The lowest BCUT2D eigenvalue weighted by Gasteiger charge is -2.28. The first kappa shape index (κ1) is 12.7. The SMILES string of the molecule is CCN(C)C(=O)CN=C1NC2CCCC2CS1. The zero-order valence-corrected chi connectivity index (χ0v) is 11.4. The molecule has 5 heteroatoms. The van der Waals surface area contributed by atoms with E-state index in [2.05, 4.69) is 10.3 Å². The van der Waals surface area contributed by atoms with E-state index in [4.69, 9.17) is 0 Å². The van der Waals surface area contributed by atoms with Crippen LogP contribution in [0.5, 0.6) is 0 Å². The summed E-state index contributed by atoms with van der Waals surface area (Å²) in [4.78, 5) is 17.7. The van der Waals surface area contributed by atoms with E-state index in [1.54, 1.807) is 16.7 Å². The Morgan fingerprint density at radius 3 is 3.18 bits per heavy atom. The molecule has 1 aliphatic carbocycles. The molecule has 17 heavy (non-hydrogen) atoms. The van der Waals surface area contributed by atoms with Crippen LogP contribution in [0.25, 0.3) is 0 Å². The molecule has 1 amide bonds. The number of rotatable bonds is 3. The molecule has 1 saturated carbocycles. The lowest BCUT2D eigenvalue weighted by molar-refractivity contribution is -0.128. The minimum absolute atomic E-state index is 0.0935. The average molecular weight is 255 g/mol. The summed E-state index contributed by atoms with van der Waals surface area (Å²) < 4.78 is 0. The number of carbonyl (C=O) groups excluding carboxylic acids is 1. The molecule has 1 aliphatic heterocycles. The van der Waals surface area contributed by atoms with Crippen LogP contribution in [0.2, 0.25) is 0 Å². The summed E-state index contributed by atoms with van der Waals surface area (Å²) in [6.45, 7) is 2.99. The minimum atomic E-state index is 0.0935. The van der Waals surface area contributed by atoms with Crippen LogP contribution in [0.3, 0.4) is 0 Å². The van der Waals surface area contributed by atoms with Crippen molar-refractivity contribution in [3.63, 3.8) is 0 Å². The average Bonchev–Trinajstić information content (AvgIpc) is 2.82. The molecule has 2 aliphatic rings. The predicted molar refractivity (Wildman–Crippen MR) is 72.3 cm³/mol. The molecule has 2 rings (SSSR count). The lowest BCUT2D eigenvalue weighted by atomic mass is 10.1.